The van der Waals surface area contributed by atoms with Crippen LogP contribution in [-0.2, 0) is 9.47 Å². The number of rotatable bonds is 5. The fourth-order valence-electron chi connectivity index (χ4n) is 2.35. The first-order valence-corrected chi connectivity index (χ1v) is 6.71. The molecule has 1 aromatic rings. The molecule has 0 saturated heterocycles. The van der Waals surface area contributed by atoms with E-state index in [0.717, 1.165) is 30.7 Å². The van der Waals surface area contributed by atoms with Gasteiger partial charge in [-0.15, -0.1) is 0 Å². The third-order valence-corrected chi connectivity index (χ3v) is 3.50. The number of carbonyl (C=O) groups excluding carboxylic acids is 1. The molecule has 1 saturated carbocycles. The minimum atomic E-state index is -0.297. The van der Waals surface area contributed by atoms with Gasteiger partial charge in [0.25, 0.3) is 0 Å². The van der Waals surface area contributed by atoms with Crippen LogP contribution < -0.4 is 5.32 Å². The van der Waals surface area contributed by atoms with E-state index < -0.39 is 0 Å². The Hall–Kier alpha value is -1.55. The van der Waals surface area contributed by atoms with Gasteiger partial charge in [-0.2, -0.15) is 0 Å². The summed E-state index contributed by atoms with van der Waals surface area (Å²) in [6.45, 7) is 4.80. The van der Waals surface area contributed by atoms with Crippen molar-refractivity contribution in [2.75, 3.05) is 19.0 Å². The lowest BCUT2D eigenvalue weighted by atomic mass is 9.88. The lowest BCUT2D eigenvalue weighted by molar-refractivity contribution is 0.00298. The summed E-state index contributed by atoms with van der Waals surface area (Å²) in [5, 5.41) is 3.49. The van der Waals surface area contributed by atoms with Crippen LogP contribution in [0.2, 0.25) is 0 Å². The van der Waals surface area contributed by atoms with Crippen molar-refractivity contribution in [2.45, 2.75) is 38.8 Å². The Morgan fingerprint density at radius 1 is 1.42 bits per heavy atom. The predicted molar refractivity (Wildman–Crippen MR) is 74.6 cm³/mol. The van der Waals surface area contributed by atoms with Crippen LogP contribution in [0, 0.1) is 6.92 Å². The van der Waals surface area contributed by atoms with E-state index in [4.69, 9.17) is 9.47 Å². The lowest BCUT2D eigenvalue weighted by Gasteiger charge is -2.36. The van der Waals surface area contributed by atoms with E-state index in [0.29, 0.717) is 17.7 Å². The summed E-state index contributed by atoms with van der Waals surface area (Å²) >= 11 is 0. The molecule has 0 heterocycles. The third kappa shape index (κ3) is 3.26. The van der Waals surface area contributed by atoms with Gasteiger partial charge in [-0.25, -0.2) is 4.79 Å². The Morgan fingerprint density at radius 2 is 2.16 bits per heavy atom. The number of esters is 1. The number of nitrogens with one attached hydrogen (secondary N) is 1. The first-order valence-electron chi connectivity index (χ1n) is 6.71. The Kier molecular flexibility index (Phi) is 4.43. The molecule has 0 bridgehead atoms. The van der Waals surface area contributed by atoms with Gasteiger partial charge in [-0.3, -0.25) is 0 Å². The van der Waals surface area contributed by atoms with E-state index in [9.17, 15) is 4.79 Å². The molecule has 1 aliphatic carbocycles. The number of anilines is 1. The molecule has 0 amide bonds. The van der Waals surface area contributed by atoms with E-state index in [2.05, 4.69) is 5.32 Å². The molecule has 0 aromatic heterocycles. The molecule has 1 fully saturated rings. The molecule has 19 heavy (non-hydrogen) atoms. The van der Waals surface area contributed by atoms with Crippen LogP contribution in [0.3, 0.4) is 0 Å². The van der Waals surface area contributed by atoms with Gasteiger partial charge in [-0.05, 0) is 50.5 Å². The predicted octanol–water partition coefficient (Wildman–Crippen LogP) is 2.76. The summed E-state index contributed by atoms with van der Waals surface area (Å²) < 4.78 is 10.2. The Balaban J connectivity index is 1.93. The second kappa shape index (κ2) is 6.06. The average molecular weight is 263 g/mol. The highest BCUT2D eigenvalue weighted by atomic mass is 16.5. The smallest absolute Gasteiger partial charge is 0.337 e. The zero-order valence-electron chi connectivity index (χ0n) is 11.7. The summed E-state index contributed by atoms with van der Waals surface area (Å²) in [7, 11) is 1.39. The summed E-state index contributed by atoms with van der Waals surface area (Å²) in [5.74, 6) is -0.297. The summed E-state index contributed by atoms with van der Waals surface area (Å²) in [6, 6.07) is 6.06. The molecule has 4 nitrogen and oxygen atoms in total. The van der Waals surface area contributed by atoms with Gasteiger partial charge in [0.15, 0.2) is 0 Å². The van der Waals surface area contributed by atoms with Gasteiger partial charge in [0, 0.05) is 18.3 Å². The summed E-state index contributed by atoms with van der Waals surface area (Å²) in [4.78, 5) is 11.4. The molecule has 2 rings (SSSR count). The SMILES string of the molecule is CCOC1CC(Nc2ccc(C(=O)OC)cc2C)C1. The molecule has 104 valence electrons. The van der Waals surface area contributed by atoms with Crippen molar-refractivity contribution in [3.63, 3.8) is 0 Å². The van der Waals surface area contributed by atoms with Gasteiger partial charge < -0.3 is 14.8 Å². The first kappa shape index (κ1) is 13.9. The number of aryl methyl sites for hydroxylation is 1. The van der Waals surface area contributed by atoms with Crippen molar-refractivity contribution < 1.29 is 14.3 Å². The highest BCUT2D eigenvalue weighted by molar-refractivity contribution is 5.90. The number of hydrogen-bond acceptors (Lipinski definition) is 4. The third-order valence-electron chi connectivity index (χ3n) is 3.50. The van der Waals surface area contributed by atoms with E-state index in [-0.39, 0.29) is 5.97 Å². The number of ether oxygens (including phenoxy) is 2. The van der Waals surface area contributed by atoms with Crippen LogP contribution in [-0.4, -0.2) is 31.8 Å². The van der Waals surface area contributed by atoms with Crippen LogP contribution >= 0.6 is 0 Å². The quantitative estimate of drug-likeness (QED) is 0.830. The van der Waals surface area contributed by atoms with Crippen LogP contribution in [0.5, 0.6) is 0 Å². The Labute approximate surface area is 114 Å². The highest BCUT2D eigenvalue weighted by Crippen LogP contribution is 2.28. The maximum Gasteiger partial charge on any atom is 0.337 e. The van der Waals surface area contributed by atoms with Crippen molar-refractivity contribution in [1.29, 1.82) is 0 Å². The van der Waals surface area contributed by atoms with Gasteiger partial charge >= 0.3 is 5.97 Å². The van der Waals surface area contributed by atoms with Gasteiger partial charge in [0.05, 0.1) is 18.8 Å². The summed E-state index contributed by atoms with van der Waals surface area (Å²) in [6.07, 6.45) is 2.50. The van der Waals surface area contributed by atoms with Crippen molar-refractivity contribution in [3.8, 4) is 0 Å². The van der Waals surface area contributed by atoms with Crippen LogP contribution in [0.15, 0.2) is 18.2 Å². The monoisotopic (exact) mass is 263 g/mol. The Bertz CT molecular complexity index is 453. The van der Waals surface area contributed by atoms with Gasteiger partial charge in [0.1, 0.15) is 0 Å². The molecule has 0 aliphatic heterocycles. The van der Waals surface area contributed by atoms with Crippen molar-refractivity contribution in [2.24, 2.45) is 0 Å². The lowest BCUT2D eigenvalue weighted by Crippen LogP contribution is -2.40. The minimum Gasteiger partial charge on any atom is -0.465 e. The fraction of sp³-hybridized carbons (Fsp3) is 0.533. The maximum atomic E-state index is 11.4. The molecule has 0 radical (unpaired) electrons. The van der Waals surface area contributed by atoms with Crippen molar-refractivity contribution in [3.05, 3.63) is 29.3 Å². The van der Waals surface area contributed by atoms with Crippen molar-refractivity contribution >= 4 is 11.7 Å². The zero-order chi connectivity index (χ0) is 13.8. The molecule has 1 aromatic carbocycles. The van der Waals surface area contributed by atoms with E-state index >= 15 is 0 Å². The molecule has 4 heteroatoms. The molecule has 0 atom stereocenters. The number of carbonyl (C=O) groups is 1. The summed E-state index contributed by atoms with van der Waals surface area (Å²) in [5.41, 5.74) is 2.72. The first-order chi connectivity index (χ1) is 9.13. The van der Waals surface area contributed by atoms with Crippen LogP contribution in [0.25, 0.3) is 0 Å². The number of methoxy groups -OCH3 is 1. The normalized spacial score (nSPS) is 21.6. The van der Waals surface area contributed by atoms with Gasteiger partial charge in [-0.1, -0.05) is 0 Å². The fourth-order valence-corrected chi connectivity index (χ4v) is 2.35. The van der Waals surface area contributed by atoms with Crippen molar-refractivity contribution in [1.82, 2.24) is 0 Å². The number of benzene rings is 1. The molecular formula is C15H21NO3. The van der Waals surface area contributed by atoms with Gasteiger partial charge in [0.2, 0.25) is 0 Å². The molecule has 0 unspecified atom stereocenters. The van der Waals surface area contributed by atoms with Crippen LogP contribution in [0.4, 0.5) is 5.69 Å². The highest BCUT2D eigenvalue weighted by Gasteiger charge is 2.29. The maximum absolute atomic E-state index is 11.4. The standard InChI is InChI=1S/C15H21NO3/c1-4-19-13-8-12(9-13)16-14-6-5-11(7-10(14)2)15(17)18-3/h5-7,12-13,16H,4,8-9H2,1-3H3. The average Bonchev–Trinajstić information content (AvgIpc) is 2.37. The molecular weight excluding hydrogens is 242 g/mol. The Morgan fingerprint density at radius 3 is 2.74 bits per heavy atom. The largest absolute Gasteiger partial charge is 0.465 e. The molecule has 1 N–H and O–H groups in total. The number of hydrogen-bond donors (Lipinski definition) is 1. The molecule has 1 aliphatic rings. The second-order valence-electron chi connectivity index (χ2n) is 4.91. The minimum absolute atomic E-state index is 0.297. The molecule has 0 spiro atoms. The van der Waals surface area contributed by atoms with E-state index in [1.807, 2.05) is 26.0 Å². The topological polar surface area (TPSA) is 47.6 Å². The zero-order valence-corrected chi connectivity index (χ0v) is 11.7. The van der Waals surface area contributed by atoms with E-state index in [1.54, 1.807) is 6.07 Å². The van der Waals surface area contributed by atoms with Crippen LogP contribution in [0.1, 0.15) is 35.7 Å². The second-order valence-corrected chi connectivity index (χ2v) is 4.91. The van der Waals surface area contributed by atoms with E-state index in [1.165, 1.54) is 7.11 Å².